The zero-order valence-corrected chi connectivity index (χ0v) is 12.5. The summed E-state index contributed by atoms with van der Waals surface area (Å²) in [6, 6.07) is 9.34. The Kier molecular flexibility index (Phi) is 4.45. The smallest absolute Gasteiger partial charge is 0.0339 e. The van der Waals surface area contributed by atoms with Gasteiger partial charge >= 0.3 is 0 Å². The zero-order valence-electron chi connectivity index (χ0n) is 10.8. The van der Waals surface area contributed by atoms with E-state index in [-0.39, 0.29) is 0 Å². The van der Waals surface area contributed by atoms with Gasteiger partial charge in [-0.2, -0.15) is 11.8 Å². The molecular weight excluding hydrogens is 246 g/mol. The molecule has 94 valence electrons. The van der Waals surface area contributed by atoms with Gasteiger partial charge in [-0.25, -0.2) is 0 Å². The van der Waals surface area contributed by atoms with Gasteiger partial charge in [-0.05, 0) is 43.9 Å². The van der Waals surface area contributed by atoms with Crippen molar-refractivity contribution in [2.75, 3.05) is 18.6 Å². The van der Waals surface area contributed by atoms with Crippen molar-refractivity contribution < 1.29 is 0 Å². The van der Waals surface area contributed by atoms with Crippen LogP contribution >= 0.6 is 23.5 Å². The highest BCUT2D eigenvalue weighted by atomic mass is 32.2. The summed E-state index contributed by atoms with van der Waals surface area (Å²) in [5.41, 5.74) is 1.49. The highest BCUT2D eigenvalue weighted by Crippen LogP contribution is 2.36. The van der Waals surface area contributed by atoms with Gasteiger partial charge in [0.25, 0.3) is 0 Å². The third-order valence-electron chi connectivity index (χ3n) is 3.29. The molecule has 1 unspecified atom stereocenters. The zero-order chi connectivity index (χ0) is 12.3. The predicted octanol–water partition coefficient (Wildman–Crippen LogP) is 3.95. The minimum Gasteiger partial charge on any atom is -0.309 e. The van der Waals surface area contributed by atoms with Crippen molar-refractivity contribution in [2.45, 2.75) is 36.0 Å². The topological polar surface area (TPSA) is 12.0 Å². The SMILES string of the molecule is CSC(C)(C)CNC1CCSc2ccccc21. The second kappa shape index (κ2) is 5.68. The first-order chi connectivity index (χ1) is 8.12. The van der Waals surface area contributed by atoms with Crippen LogP contribution in [0.25, 0.3) is 0 Å². The molecule has 0 saturated carbocycles. The lowest BCUT2D eigenvalue weighted by Gasteiger charge is -2.30. The average molecular weight is 267 g/mol. The second-order valence-corrected chi connectivity index (χ2v) is 7.72. The minimum atomic E-state index is 0.319. The summed E-state index contributed by atoms with van der Waals surface area (Å²) in [5, 5.41) is 3.73. The van der Waals surface area contributed by atoms with E-state index in [1.807, 2.05) is 23.5 Å². The van der Waals surface area contributed by atoms with E-state index in [0.717, 1.165) is 6.54 Å². The van der Waals surface area contributed by atoms with Crippen LogP contribution in [0.3, 0.4) is 0 Å². The summed E-state index contributed by atoms with van der Waals surface area (Å²) >= 11 is 3.92. The molecule has 1 N–H and O–H groups in total. The summed E-state index contributed by atoms with van der Waals surface area (Å²) < 4.78 is 0.319. The molecule has 0 aromatic heterocycles. The molecule has 0 aliphatic carbocycles. The molecule has 1 aromatic carbocycles. The van der Waals surface area contributed by atoms with E-state index < -0.39 is 0 Å². The first-order valence-electron chi connectivity index (χ1n) is 6.13. The van der Waals surface area contributed by atoms with E-state index in [1.165, 1.54) is 22.6 Å². The molecule has 1 aromatic rings. The van der Waals surface area contributed by atoms with Crippen LogP contribution in [0.1, 0.15) is 31.9 Å². The van der Waals surface area contributed by atoms with Gasteiger partial charge in [-0.15, -0.1) is 11.8 Å². The van der Waals surface area contributed by atoms with Crippen LogP contribution in [0, 0.1) is 0 Å². The Morgan fingerprint density at radius 2 is 2.18 bits per heavy atom. The number of benzene rings is 1. The molecule has 0 spiro atoms. The van der Waals surface area contributed by atoms with Gasteiger partial charge in [0.1, 0.15) is 0 Å². The minimum absolute atomic E-state index is 0.319. The molecule has 0 bridgehead atoms. The van der Waals surface area contributed by atoms with Crippen molar-refractivity contribution in [2.24, 2.45) is 0 Å². The standard InChI is InChI=1S/C14H21NS2/c1-14(2,16-3)10-15-12-8-9-17-13-7-5-4-6-11(12)13/h4-7,12,15H,8-10H2,1-3H3. The Morgan fingerprint density at radius 3 is 2.94 bits per heavy atom. The van der Waals surface area contributed by atoms with E-state index in [2.05, 4.69) is 49.7 Å². The largest absolute Gasteiger partial charge is 0.309 e. The lowest BCUT2D eigenvalue weighted by molar-refractivity contribution is 0.478. The Bertz CT molecular complexity index is 376. The Hall–Kier alpha value is -0.120. The van der Waals surface area contributed by atoms with Crippen LogP contribution in [0.4, 0.5) is 0 Å². The highest BCUT2D eigenvalue weighted by molar-refractivity contribution is 8.00. The maximum absolute atomic E-state index is 3.73. The Labute approximate surface area is 113 Å². The van der Waals surface area contributed by atoms with Gasteiger partial charge in [0, 0.05) is 22.2 Å². The van der Waals surface area contributed by atoms with Crippen molar-refractivity contribution in [1.82, 2.24) is 5.32 Å². The number of nitrogens with one attached hydrogen (secondary N) is 1. The van der Waals surface area contributed by atoms with Gasteiger partial charge in [-0.1, -0.05) is 18.2 Å². The first kappa shape index (κ1) is 13.3. The molecule has 1 aliphatic rings. The molecule has 0 radical (unpaired) electrons. The van der Waals surface area contributed by atoms with Crippen molar-refractivity contribution in [3.05, 3.63) is 29.8 Å². The van der Waals surface area contributed by atoms with E-state index in [0.29, 0.717) is 10.8 Å². The van der Waals surface area contributed by atoms with Gasteiger partial charge < -0.3 is 5.32 Å². The number of hydrogen-bond donors (Lipinski definition) is 1. The van der Waals surface area contributed by atoms with Gasteiger partial charge in [0.2, 0.25) is 0 Å². The van der Waals surface area contributed by atoms with Crippen molar-refractivity contribution in [3.63, 3.8) is 0 Å². The second-order valence-electron chi connectivity index (χ2n) is 5.07. The molecule has 1 aliphatic heterocycles. The molecule has 3 heteroatoms. The maximum atomic E-state index is 3.73. The Balaban J connectivity index is 2.04. The van der Waals surface area contributed by atoms with Crippen LogP contribution < -0.4 is 5.32 Å². The lowest BCUT2D eigenvalue weighted by atomic mass is 10.0. The molecule has 0 fully saturated rings. The molecule has 0 amide bonds. The van der Waals surface area contributed by atoms with Gasteiger partial charge in [-0.3, -0.25) is 0 Å². The van der Waals surface area contributed by atoms with Gasteiger partial charge in [0.05, 0.1) is 0 Å². The van der Waals surface area contributed by atoms with Crippen molar-refractivity contribution in [1.29, 1.82) is 0 Å². The van der Waals surface area contributed by atoms with E-state index >= 15 is 0 Å². The fraction of sp³-hybridized carbons (Fsp3) is 0.571. The molecule has 1 nitrogen and oxygen atoms in total. The third-order valence-corrected chi connectivity index (χ3v) is 5.66. The quantitative estimate of drug-likeness (QED) is 0.887. The van der Waals surface area contributed by atoms with Gasteiger partial charge in [0.15, 0.2) is 0 Å². The van der Waals surface area contributed by atoms with Crippen LogP contribution in [0.2, 0.25) is 0 Å². The summed E-state index contributed by atoms with van der Waals surface area (Å²) in [6.45, 7) is 5.67. The summed E-state index contributed by atoms with van der Waals surface area (Å²) in [5.74, 6) is 1.23. The molecule has 17 heavy (non-hydrogen) atoms. The Morgan fingerprint density at radius 1 is 1.41 bits per heavy atom. The van der Waals surface area contributed by atoms with Crippen molar-refractivity contribution >= 4 is 23.5 Å². The molecule has 1 heterocycles. The number of fused-ring (bicyclic) bond motifs is 1. The number of rotatable bonds is 4. The van der Waals surface area contributed by atoms with Crippen LogP contribution in [0.15, 0.2) is 29.2 Å². The monoisotopic (exact) mass is 267 g/mol. The molecule has 1 atom stereocenters. The number of hydrogen-bond acceptors (Lipinski definition) is 3. The number of thioether (sulfide) groups is 2. The summed E-state index contributed by atoms with van der Waals surface area (Å²) in [7, 11) is 0. The van der Waals surface area contributed by atoms with Crippen LogP contribution in [0.5, 0.6) is 0 Å². The molecule has 0 saturated heterocycles. The van der Waals surface area contributed by atoms with Crippen LogP contribution in [-0.4, -0.2) is 23.3 Å². The maximum Gasteiger partial charge on any atom is 0.0339 e. The average Bonchev–Trinajstić information content (AvgIpc) is 2.36. The van der Waals surface area contributed by atoms with Crippen LogP contribution in [-0.2, 0) is 0 Å². The fourth-order valence-electron chi connectivity index (χ4n) is 2.00. The van der Waals surface area contributed by atoms with E-state index in [9.17, 15) is 0 Å². The predicted molar refractivity (Wildman–Crippen MR) is 80.1 cm³/mol. The first-order valence-corrected chi connectivity index (χ1v) is 8.34. The molecule has 2 rings (SSSR count). The normalized spacial score (nSPS) is 20.1. The fourth-order valence-corrected chi connectivity index (χ4v) is 3.35. The molecular formula is C14H21NS2. The summed E-state index contributed by atoms with van der Waals surface area (Å²) in [4.78, 5) is 1.46. The van der Waals surface area contributed by atoms with E-state index in [1.54, 1.807) is 0 Å². The highest BCUT2D eigenvalue weighted by Gasteiger charge is 2.23. The van der Waals surface area contributed by atoms with E-state index in [4.69, 9.17) is 0 Å². The lowest BCUT2D eigenvalue weighted by Crippen LogP contribution is -2.35. The summed E-state index contributed by atoms with van der Waals surface area (Å²) in [6.07, 6.45) is 3.43. The van der Waals surface area contributed by atoms with Crippen molar-refractivity contribution in [3.8, 4) is 0 Å². The third kappa shape index (κ3) is 3.43.